The second kappa shape index (κ2) is 14.6. The highest BCUT2D eigenvalue weighted by atomic mass is 32.2. The lowest BCUT2D eigenvalue weighted by Gasteiger charge is -2.37. The van der Waals surface area contributed by atoms with Crippen molar-refractivity contribution in [3.63, 3.8) is 0 Å². The first-order chi connectivity index (χ1) is 19.2. The highest BCUT2D eigenvalue weighted by Crippen LogP contribution is 2.39. The summed E-state index contributed by atoms with van der Waals surface area (Å²) < 4.78 is 49.5. The lowest BCUT2D eigenvalue weighted by Crippen LogP contribution is -2.52. The number of rotatable bonds is 11. The Morgan fingerprint density at radius 2 is 1.88 bits per heavy atom. The van der Waals surface area contributed by atoms with Gasteiger partial charge in [-0.1, -0.05) is 25.1 Å². The number of hydrogen-bond acceptors (Lipinski definition) is 4. The molecular weight excluding hydrogens is 532 g/mol. The number of ether oxygens (including phenoxy) is 1. The SMILES string of the molecule is CCCS(=O)N1CCNCC1CCc1c(F)cccc1NC(=O)CC(c1ccc(F)cc1)C1CC(C)OC(C)C1. The Morgan fingerprint density at radius 3 is 2.58 bits per heavy atom. The van der Waals surface area contributed by atoms with Crippen molar-refractivity contribution in [3.05, 3.63) is 65.2 Å². The number of piperazine rings is 1. The van der Waals surface area contributed by atoms with Gasteiger partial charge in [0.05, 0.1) is 23.2 Å². The van der Waals surface area contributed by atoms with Gasteiger partial charge in [-0.15, -0.1) is 0 Å². The molecule has 220 valence electrons. The first-order valence-corrected chi connectivity index (χ1v) is 15.9. The normalized spacial score (nSPS) is 25.3. The average molecular weight is 576 g/mol. The van der Waals surface area contributed by atoms with Crippen LogP contribution in [0.2, 0.25) is 0 Å². The van der Waals surface area contributed by atoms with Crippen molar-refractivity contribution in [2.75, 3.05) is 30.7 Å². The van der Waals surface area contributed by atoms with Crippen LogP contribution in [0.4, 0.5) is 14.5 Å². The van der Waals surface area contributed by atoms with Gasteiger partial charge in [0.2, 0.25) is 5.91 Å². The van der Waals surface area contributed by atoms with E-state index in [0.717, 1.165) is 31.4 Å². The molecule has 5 unspecified atom stereocenters. The second-order valence-electron chi connectivity index (χ2n) is 11.2. The molecule has 6 nitrogen and oxygen atoms in total. The molecule has 40 heavy (non-hydrogen) atoms. The number of nitrogens with zero attached hydrogens (tertiary/aromatic N) is 1. The maximum absolute atomic E-state index is 15.1. The zero-order valence-corrected chi connectivity index (χ0v) is 24.7. The lowest BCUT2D eigenvalue weighted by atomic mass is 9.76. The topological polar surface area (TPSA) is 70.7 Å². The summed E-state index contributed by atoms with van der Waals surface area (Å²) in [6.45, 7) is 8.30. The van der Waals surface area contributed by atoms with Crippen LogP contribution in [0, 0.1) is 17.6 Å². The summed E-state index contributed by atoms with van der Waals surface area (Å²) in [5.41, 5.74) is 1.86. The molecule has 0 aromatic heterocycles. The van der Waals surface area contributed by atoms with E-state index >= 15 is 4.39 Å². The maximum atomic E-state index is 15.1. The molecule has 2 aliphatic rings. The molecule has 1 amide bonds. The van der Waals surface area contributed by atoms with E-state index in [1.165, 1.54) is 18.2 Å². The van der Waals surface area contributed by atoms with Gasteiger partial charge in [0, 0.05) is 49.1 Å². The Balaban J connectivity index is 1.48. The van der Waals surface area contributed by atoms with Gasteiger partial charge in [-0.2, -0.15) is 0 Å². The van der Waals surface area contributed by atoms with Gasteiger partial charge >= 0.3 is 0 Å². The molecule has 2 fully saturated rings. The summed E-state index contributed by atoms with van der Waals surface area (Å²) in [6.07, 6.45) is 3.89. The lowest BCUT2D eigenvalue weighted by molar-refractivity contribution is -0.117. The average Bonchev–Trinajstić information content (AvgIpc) is 2.92. The summed E-state index contributed by atoms with van der Waals surface area (Å²) in [7, 11) is -1.05. The van der Waals surface area contributed by atoms with Crippen LogP contribution in [-0.4, -0.2) is 58.1 Å². The van der Waals surface area contributed by atoms with Gasteiger partial charge in [-0.05, 0) is 87.6 Å². The molecule has 2 aromatic rings. The molecule has 0 bridgehead atoms. The number of hydrogen-bond donors (Lipinski definition) is 2. The monoisotopic (exact) mass is 575 g/mol. The van der Waals surface area contributed by atoms with Crippen molar-refractivity contribution >= 4 is 22.6 Å². The highest BCUT2D eigenvalue weighted by molar-refractivity contribution is 7.82. The molecule has 9 heteroatoms. The first kappa shape index (κ1) is 30.8. The van der Waals surface area contributed by atoms with Crippen LogP contribution in [0.3, 0.4) is 0 Å². The zero-order valence-electron chi connectivity index (χ0n) is 23.8. The minimum atomic E-state index is -1.05. The van der Waals surface area contributed by atoms with Crippen LogP contribution in [-0.2, 0) is 26.9 Å². The van der Waals surface area contributed by atoms with Crippen LogP contribution in [0.15, 0.2) is 42.5 Å². The number of carbonyl (C=O) groups excluding carboxylic acids is 1. The van der Waals surface area contributed by atoms with E-state index < -0.39 is 11.0 Å². The first-order valence-electron chi connectivity index (χ1n) is 14.6. The molecule has 2 heterocycles. The standard InChI is InChI=1S/C31H43F2N3O3S/c1-4-16-40(38)36-15-14-34-20-26(36)12-13-27-29(33)6-5-7-30(27)35-31(37)19-28(23-8-10-25(32)11-9-23)24-17-21(2)39-22(3)18-24/h5-11,21-22,24,26,28,34H,4,12-20H2,1-3H3,(H,35,37). The fourth-order valence-corrected chi connectivity index (χ4v) is 7.63. The number of carbonyl (C=O) groups is 1. The summed E-state index contributed by atoms with van der Waals surface area (Å²) in [5.74, 6) is -0.145. The van der Waals surface area contributed by atoms with Crippen LogP contribution >= 0.6 is 0 Å². The predicted molar refractivity (Wildman–Crippen MR) is 157 cm³/mol. The number of anilines is 1. The molecule has 0 saturated carbocycles. The van der Waals surface area contributed by atoms with E-state index in [4.69, 9.17) is 4.74 Å². The summed E-state index contributed by atoms with van der Waals surface area (Å²) >= 11 is 0. The zero-order chi connectivity index (χ0) is 28.6. The van der Waals surface area contributed by atoms with Crippen LogP contribution < -0.4 is 10.6 Å². The largest absolute Gasteiger partial charge is 0.376 e. The Hall–Kier alpha value is -2.20. The number of nitrogens with one attached hydrogen (secondary N) is 2. The van der Waals surface area contributed by atoms with E-state index in [-0.39, 0.29) is 54.0 Å². The van der Waals surface area contributed by atoms with Gasteiger partial charge in [-0.3, -0.25) is 4.79 Å². The Bertz CT molecular complexity index is 1140. The molecule has 2 aliphatic heterocycles. The van der Waals surface area contributed by atoms with E-state index in [1.54, 1.807) is 24.3 Å². The Labute approximate surface area is 239 Å². The van der Waals surface area contributed by atoms with Crippen molar-refractivity contribution in [2.24, 2.45) is 5.92 Å². The smallest absolute Gasteiger partial charge is 0.225 e. The van der Waals surface area contributed by atoms with Crippen molar-refractivity contribution in [1.82, 2.24) is 9.62 Å². The third kappa shape index (κ3) is 8.18. The van der Waals surface area contributed by atoms with Gasteiger partial charge in [-0.25, -0.2) is 17.3 Å². The van der Waals surface area contributed by atoms with Crippen molar-refractivity contribution in [2.45, 2.75) is 83.5 Å². The fraction of sp³-hybridized carbons (Fsp3) is 0.581. The van der Waals surface area contributed by atoms with E-state index in [1.807, 2.05) is 25.1 Å². The van der Waals surface area contributed by atoms with Crippen molar-refractivity contribution in [1.29, 1.82) is 0 Å². The van der Waals surface area contributed by atoms with Gasteiger partial charge < -0.3 is 15.4 Å². The summed E-state index contributed by atoms with van der Waals surface area (Å²) in [6, 6.07) is 11.2. The van der Waals surface area contributed by atoms with Crippen LogP contribution in [0.5, 0.6) is 0 Å². The molecule has 2 saturated heterocycles. The van der Waals surface area contributed by atoms with E-state index in [9.17, 15) is 13.4 Å². The fourth-order valence-electron chi connectivity index (χ4n) is 6.24. The minimum Gasteiger partial charge on any atom is -0.376 e. The third-order valence-corrected chi connectivity index (χ3v) is 9.82. The maximum Gasteiger partial charge on any atom is 0.225 e. The number of halogens is 2. The predicted octanol–water partition coefficient (Wildman–Crippen LogP) is 5.56. The van der Waals surface area contributed by atoms with Gasteiger partial charge in [0.25, 0.3) is 0 Å². The summed E-state index contributed by atoms with van der Waals surface area (Å²) in [4.78, 5) is 13.5. The second-order valence-corrected chi connectivity index (χ2v) is 12.7. The van der Waals surface area contributed by atoms with E-state index in [2.05, 4.69) is 10.6 Å². The number of amides is 1. The minimum absolute atomic E-state index is 0.0321. The van der Waals surface area contributed by atoms with E-state index in [0.29, 0.717) is 42.9 Å². The molecule has 0 aliphatic carbocycles. The molecule has 4 rings (SSSR count). The van der Waals surface area contributed by atoms with Crippen LogP contribution in [0.25, 0.3) is 0 Å². The van der Waals surface area contributed by atoms with Gasteiger partial charge in [0.1, 0.15) is 11.6 Å². The summed E-state index contributed by atoms with van der Waals surface area (Å²) in [5, 5.41) is 6.36. The number of benzene rings is 2. The Morgan fingerprint density at radius 1 is 1.15 bits per heavy atom. The van der Waals surface area contributed by atoms with Gasteiger partial charge in [0.15, 0.2) is 0 Å². The molecule has 0 spiro atoms. The third-order valence-electron chi connectivity index (χ3n) is 8.06. The molecule has 0 radical (unpaired) electrons. The van der Waals surface area contributed by atoms with Crippen LogP contribution in [0.1, 0.15) is 69.9 Å². The molecular formula is C31H43F2N3O3S. The van der Waals surface area contributed by atoms with Crippen molar-refractivity contribution < 1.29 is 22.5 Å². The quantitative estimate of drug-likeness (QED) is 0.368. The Kier molecular flexibility index (Phi) is 11.2. The molecule has 5 atom stereocenters. The molecule has 2 aromatic carbocycles. The van der Waals surface area contributed by atoms with Crippen molar-refractivity contribution in [3.8, 4) is 0 Å². The highest BCUT2D eigenvalue weighted by Gasteiger charge is 2.33. The molecule has 2 N–H and O–H groups in total.